The van der Waals surface area contributed by atoms with Crippen LogP contribution in [0.5, 0.6) is 0 Å². The van der Waals surface area contributed by atoms with Crippen LogP contribution in [0.1, 0.15) is 24.1 Å². The van der Waals surface area contributed by atoms with Crippen molar-refractivity contribution in [1.29, 1.82) is 0 Å². The van der Waals surface area contributed by atoms with Crippen LogP contribution >= 0.6 is 12.4 Å². The van der Waals surface area contributed by atoms with E-state index < -0.39 is 0 Å². The van der Waals surface area contributed by atoms with Gasteiger partial charge in [-0.2, -0.15) is 0 Å². The van der Waals surface area contributed by atoms with Crippen molar-refractivity contribution in [1.82, 2.24) is 9.97 Å². The number of nitrogens with zero attached hydrogens (tertiary/aromatic N) is 1. The van der Waals surface area contributed by atoms with Crippen LogP contribution in [0.3, 0.4) is 0 Å². The van der Waals surface area contributed by atoms with Crippen LogP contribution in [-0.4, -0.2) is 9.97 Å². The molecular weight excluding hydrogens is 200 g/mol. The van der Waals surface area contributed by atoms with E-state index >= 15 is 0 Å². The Bertz CT molecular complexity index is 446. The van der Waals surface area contributed by atoms with E-state index in [2.05, 4.69) is 16.0 Å². The first-order valence-electron chi connectivity index (χ1n) is 4.55. The lowest BCUT2D eigenvalue weighted by Crippen LogP contribution is -2.21. The van der Waals surface area contributed by atoms with Gasteiger partial charge in [0.1, 0.15) is 0 Å². The molecule has 74 valence electrons. The summed E-state index contributed by atoms with van der Waals surface area (Å²) in [7, 11) is 0. The molecule has 0 unspecified atom stereocenters. The van der Waals surface area contributed by atoms with Gasteiger partial charge in [0, 0.05) is 5.56 Å². The molecule has 2 aliphatic carbocycles. The highest BCUT2D eigenvalue weighted by Crippen LogP contribution is 2.51. The first kappa shape index (κ1) is 9.46. The smallest absolute Gasteiger partial charge is 0.254 e. The van der Waals surface area contributed by atoms with Gasteiger partial charge in [0.2, 0.25) is 0 Å². The second-order valence-electron chi connectivity index (χ2n) is 3.97. The van der Waals surface area contributed by atoms with Gasteiger partial charge in [-0.05, 0) is 30.8 Å². The third-order valence-corrected chi connectivity index (χ3v) is 3.00. The molecular formula is C10H11ClN2O. The third-order valence-electron chi connectivity index (χ3n) is 3.00. The molecule has 1 spiro atoms. The Morgan fingerprint density at radius 1 is 1.43 bits per heavy atom. The summed E-state index contributed by atoms with van der Waals surface area (Å²) in [6.45, 7) is 0. The maximum atomic E-state index is 11.4. The summed E-state index contributed by atoms with van der Waals surface area (Å²) < 4.78 is 0. The van der Waals surface area contributed by atoms with E-state index in [4.69, 9.17) is 0 Å². The van der Waals surface area contributed by atoms with Gasteiger partial charge >= 0.3 is 0 Å². The molecule has 1 fully saturated rings. The molecule has 1 aromatic rings. The fourth-order valence-electron chi connectivity index (χ4n) is 1.93. The van der Waals surface area contributed by atoms with Crippen LogP contribution in [0.15, 0.2) is 17.2 Å². The lowest BCUT2D eigenvalue weighted by molar-refractivity contribution is 0.632. The predicted molar refractivity (Wildman–Crippen MR) is 56.5 cm³/mol. The van der Waals surface area contributed by atoms with Crippen LogP contribution in [-0.2, 0) is 6.42 Å². The van der Waals surface area contributed by atoms with Crippen molar-refractivity contribution in [3.63, 3.8) is 0 Å². The quantitative estimate of drug-likeness (QED) is 0.706. The van der Waals surface area contributed by atoms with Gasteiger partial charge in [-0.15, -0.1) is 12.4 Å². The summed E-state index contributed by atoms with van der Waals surface area (Å²) in [5.41, 5.74) is 2.06. The van der Waals surface area contributed by atoms with Crippen molar-refractivity contribution >= 4 is 18.5 Å². The zero-order valence-electron chi connectivity index (χ0n) is 7.62. The fourth-order valence-corrected chi connectivity index (χ4v) is 1.93. The number of halogens is 1. The number of fused-ring (bicyclic) bond motifs is 1. The summed E-state index contributed by atoms with van der Waals surface area (Å²) in [5.74, 6) is 0. The van der Waals surface area contributed by atoms with Crippen molar-refractivity contribution in [3.8, 4) is 0 Å². The number of hydrogen-bond acceptors (Lipinski definition) is 2. The summed E-state index contributed by atoms with van der Waals surface area (Å²) in [6, 6.07) is 0. The molecule has 1 heterocycles. The minimum Gasteiger partial charge on any atom is -0.313 e. The van der Waals surface area contributed by atoms with E-state index in [1.807, 2.05) is 6.08 Å². The molecule has 2 aliphatic rings. The van der Waals surface area contributed by atoms with E-state index in [1.54, 1.807) is 0 Å². The van der Waals surface area contributed by atoms with Gasteiger partial charge in [0.25, 0.3) is 5.56 Å². The average Bonchev–Trinajstić information content (AvgIpc) is 2.88. The highest BCUT2D eigenvalue weighted by molar-refractivity contribution is 5.85. The minimum atomic E-state index is 0. The molecule has 14 heavy (non-hydrogen) atoms. The molecule has 0 saturated heterocycles. The largest absolute Gasteiger partial charge is 0.313 e. The van der Waals surface area contributed by atoms with Crippen molar-refractivity contribution < 1.29 is 0 Å². The van der Waals surface area contributed by atoms with Crippen molar-refractivity contribution in [2.24, 2.45) is 5.41 Å². The van der Waals surface area contributed by atoms with E-state index in [-0.39, 0.29) is 18.0 Å². The standard InChI is InChI=1S/C10H10N2O.ClH/c13-9-7-5-10(3-4-10)2-1-8(7)11-6-12-9;/h1-2,6H,3-5H2,(H,11,12,13);1H. The lowest BCUT2D eigenvalue weighted by Gasteiger charge is -2.15. The van der Waals surface area contributed by atoms with Crippen LogP contribution in [0, 0.1) is 5.41 Å². The Labute approximate surface area is 87.7 Å². The van der Waals surface area contributed by atoms with E-state index in [1.165, 1.54) is 19.2 Å². The number of aromatic nitrogens is 2. The molecule has 1 N–H and O–H groups in total. The topological polar surface area (TPSA) is 45.8 Å². The average molecular weight is 211 g/mol. The van der Waals surface area contributed by atoms with E-state index in [0.29, 0.717) is 5.41 Å². The van der Waals surface area contributed by atoms with Gasteiger partial charge in [0.15, 0.2) is 0 Å². The molecule has 1 aromatic heterocycles. The Balaban J connectivity index is 0.000000750. The zero-order valence-corrected chi connectivity index (χ0v) is 8.43. The van der Waals surface area contributed by atoms with Gasteiger partial charge in [-0.25, -0.2) is 4.98 Å². The molecule has 0 aliphatic heterocycles. The van der Waals surface area contributed by atoms with Gasteiger partial charge < -0.3 is 4.98 Å². The molecule has 3 rings (SSSR count). The summed E-state index contributed by atoms with van der Waals surface area (Å²) in [5, 5.41) is 0. The molecule has 4 heteroatoms. The fraction of sp³-hybridized carbons (Fsp3) is 0.400. The first-order valence-corrected chi connectivity index (χ1v) is 4.55. The maximum Gasteiger partial charge on any atom is 0.254 e. The minimum absolute atomic E-state index is 0. The monoisotopic (exact) mass is 210 g/mol. The van der Waals surface area contributed by atoms with Gasteiger partial charge in [-0.3, -0.25) is 4.79 Å². The lowest BCUT2D eigenvalue weighted by atomic mass is 9.91. The number of allylic oxidation sites excluding steroid dienone is 1. The number of hydrogen-bond donors (Lipinski definition) is 1. The Kier molecular flexibility index (Phi) is 2.00. The van der Waals surface area contributed by atoms with Crippen LogP contribution in [0.25, 0.3) is 6.08 Å². The van der Waals surface area contributed by atoms with E-state index in [0.717, 1.165) is 17.7 Å². The second-order valence-corrected chi connectivity index (χ2v) is 3.97. The Morgan fingerprint density at radius 3 is 2.93 bits per heavy atom. The van der Waals surface area contributed by atoms with Crippen LogP contribution in [0.4, 0.5) is 0 Å². The predicted octanol–water partition coefficient (Wildman–Crippen LogP) is 1.54. The SMILES string of the molecule is Cl.O=c1[nH]cnc2c1CC1(C=C2)CC1. The second kappa shape index (κ2) is 2.95. The van der Waals surface area contributed by atoms with Crippen LogP contribution in [0.2, 0.25) is 0 Å². The zero-order chi connectivity index (χ0) is 8.89. The van der Waals surface area contributed by atoms with Crippen molar-refractivity contribution in [2.45, 2.75) is 19.3 Å². The number of H-pyrrole nitrogens is 1. The van der Waals surface area contributed by atoms with Gasteiger partial charge in [-0.1, -0.05) is 6.08 Å². The molecule has 0 bridgehead atoms. The summed E-state index contributed by atoms with van der Waals surface area (Å²) >= 11 is 0. The number of aromatic amines is 1. The molecule has 0 amide bonds. The summed E-state index contributed by atoms with van der Waals surface area (Å²) in [4.78, 5) is 18.2. The first-order chi connectivity index (χ1) is 6.29. The maximum absolute atomic E-state index is 11.4. The van der Waals surface area contributed by atoms with Gasteiger partial charge in [0.05, 0.1) is 12.0 Å². The van der Waals surface area contributed by atoms with Crippen molar-refractivity contribution in [3.05, 3.63) is 34.0 Å². The number of rotatable bonds is 0. The molecule has 0 aromatic carbocycles. The highest BCUT2D eigenvalue weighted by atomic mass is 35.5. The summed E-state index contributed by atoms with van der Waals surface area (Å²) in [6.07, 6.45) is 8.98. The highest BCUT2D eigenvalue weighted by Gasteiger charge is 2.42. The van der Waals surface area contributed by atoms with Crippen LogP contribution < -0.4 is 5.56 Å². The number of nitrogens with one attached hydrogen (secondary N) is 1. The normalized spacial score (nSPS) is 20.0. The molecule has 1 saturated carbocycles. The molecule has 3 nitrogen and oxygen atoms in total. The third kappa shape index (κ3) is 1.28. The molecule has 0 radical (unpaired) electrons. The Hall–Kier alpha value is -1.09. The van der Waals surface area contributed by atoms with E-state index in [9.17, 15) is 4.79 Å². The molecule has 0 atom stereocenters. The van der Waals surface area contributed by atoms with Crippen molar-refractivity contribution in [2.75, 3.05) is 0 Å². The Morgan fingerprint density at radius 2 is 2.21 bits per heavy atom.